The summed E-state index contributed by atoms with van der Waals surface area (Å²) in [6.45, 7) is 0.869. The molecule has 2 rings (SSSR count). The molecule has 0 spiro atoms. The van der Waals surface area contributed by atoms with Crippen molar-refractivity contribution in [2.75, 3.05) is 17.6 Å². The number of nitrogens with zero attached hydrogens (tertiary/aromatic N) is 1. The Morgan fingerprint density at radius 2 is 2.17 bits per heavy atom. The van der Waals surface area contributed by atoms with Gasteiger partial charge in [-0.05, 0) is 46.3 Å². The van der Waals surface area contributed by atoms with Gasteiger partial charge in [-0.25, -0.2) is 4.98 Å². The maximum Gasteiger partial charge on any atom is 0.110 e. The second-order valence-electron chi connectivity index (χ2n) is 3.58. The molecule has 94 valence electrons. The molecular weight excluding hydrogens is 332 g/mol. The highest BCUT2D eigenvalue weighted by molar-refractivity contribution is 9.10. The summed E-state index contributed by atoms with van der Waals surface area (Å²) in [5.74, 6) is 0.947. The molecule has 1 aromatic carbocycles. The SMILES string of the molecule is Clc1cccc(NCCSc2ncccc2Br)c1. The van der Waals surface area contributed by atoms with E-state index >= 15 is 0 Å². The molecule has 0 fully saturated rings. The fourth-order valence-electron chi connectivity index (χ4n) is 1.42. The van der Waals surface area contributed by atoms with Crippen LogP contribution in [0.25, 0.3) is 0 Å². The molecule has 5 heteroatoms. The van der Waals surface area contributed by atoms with E-state index in [4.69, 9.17) is 11.6 Å². The quantitative estimate of drug-likeness (QED) is 0.629. The number of hydrogen-bond acceptors (Lipinski definition) is 3. The molecule has 1 N–H and O–H groups in total. The number of pyridine rings is 1. The Bertz CT molecular complexity index is 522. The number of halogens is 2. The maximum atomic E-state index is 5.91. The first kappa shape index (κ1) is 13.7. The Morgan fingerprint density at radius 3 is 2.94 bits per heavy atom. The molecular formula is C13H12BrClN2S. The first-order chi connectivity index (χ1) is 8.75. The summed E-state index contributed by atoms with van der Waals surface area (Å²) in [7, 11) is 0. The van der Waals surface area contributed by atoms with Crippen molar-refractivity contribution < 1.29 is 0 Å². The summed E-state index contributed by atoms with van der Waals surface area (Å²) in [4.78, 5) is 4.30. The fourth-order valence-corrected chi connectivity index (χ4v) is 2.95. The Hall–Kier alpha value is -0.710. The van der Waals surface area contributed by atoms with E-state index in [0.29, 0.717) is 0 Å². The van der Waals surface area contributed by atoms with Crippen molar-refractivity contribution in [1.29, 1.82) is 0 Å². The van der Waals surface area contributed by atoms with Gasteiger partial charge in [0.2, 0.25) is 0 Å². The van der Waals surface area contributed by atoms with E-state index in [0.717, 1.165) is 32.5 Å². The molecule has 0 atom stereocenters. The molecule has 0 aliphatic rings. The average molecular weight is 344 g/mol. The average Bonchev–Trinajstić information content (AvgIpc) is 2.37. The predicted octanol–water partition coefficient (Wildman–Crippen LogP) is 4.70. The standard InChI is InChI=1S/C13H12BrClN2S/c14-12-5-2-6-17-13(12)18-8-7-16-11-4-1-3-10(15)9-11/h1-6,9,16H,7-8H2. The molecule has 1 heterocycles. The van der Waals surface area contributed by atoms with Crippen molar-refractivity contribution in [1.82, 2.24) is 4.98 Å². The number of anilines is 1. The van der Waals surface area contributed by atoms with Crippen LogP contribution in [0.3, 0.4) is 0 Å². The predicted molar refractivity (Wildman–Crippen MR) is 82.6 cm³/mol. The van der Waals surface area contributed by atoms with E-state index in [-0.39, 0.29) is 0 Å². The van der Waals surface area contributed by atoms with Crippen LogP contribution in [0, 0.1) is 0 Å². The van der Waals surface area contributed by atoms with Gasteiger partial charge >= 0.3 is 0 Å². The monoisotopic (exact) mass is 342 g/mol. The van der Waals surface area contributed by atoms with E-state index in [1.54, 1.807) is 18.0 Å². The summed E-state index contributed by atoms with van der Waals surface area (Å²) in [6.07, 6.45) is 1.80. The first-order valence-electron chi connectivity index (χ1n) is 5.48. The Balaban J connectivity index is 1.78. The molecule has 0 amide bonds. The lowest BCUT2D eigenvalue weighted by Crippen LogP contribution is -2.04. The van der Waals surface area contributed by atoms with Crippen LogP contribution in [0.1, 0.15) is 0 Å². The zero-order chi connectivity index (χ0) is 12.8. The van der Waals surface area contributed by atoms with E-state index in [2.05, 4.69) is 26.2 Å². The molecule has 2 aromatic rings. The molecule has 0 bridgehead atoms. The largest absolute Gasteiger partial charge is 0.384 e. The van der Waals surface area contributed by atoms with Gasteiger partial charge in [0.25, 0.3) is 0 Å². The zero-order valence-electron chi connectivity index (χ0n) is 9.57. The van der Waals surface area contributed by atoms with Gasteiger partial charge in [0.05, 0.1) is 0 Å². The number of hydrogen-bond donors (Lipinski definition) is 1. The minimum absolute atomic E-state index is 0.750. The summed E-state index contributed by atoms with van der Waals surface area (Å²) in [5, 5.41) is 5.10. The lowest BCUT2D eigenvalue weighted by molar-refractivity contribution is 1.10. The van der Waals surface area contributed by atoms with E-state index in [1.807, 2.05) is 36.4 Å². The third kappa shape index (κ3) is 4.19. The highest BCUT2D eigenvalue weighted by Crippen LogP contribution is 2.24. The highest BCUT2D eigenvalue weighted by Gasteiger charge is 2.00. The van der Waals surface area contributed by atoms with Crippen molar-refractivity contribution in [3.63, 3.8) is 0 Å². The van der Waals surface area contributed by atoms with Crippen LogP contribution < -0.4 is 5.32 Å². The molecule has 0 unspecified atom stereocenters. The number of rotatable bonds is 5. The van der Waals surface area contributed by atoms with Crippen LogP contribution in [-0.2, 0) is 0 Å². The van der Waals surface area contributed by atoms with Gasteiger partial charge in [0.15, 0.2) is 0 Å². The molecule has 0 aliphatic carbocycles. The van der Waals surface area contributed by atoms with E-state index in [9.17, 15) is 0 Å². The Labute approximate surface area is 124 Å². The van der Waals surface area contributed by atoms with Crippen LogP contribution in [0.2, 0.25) is 5.02 Å². The normalized spacial score (nSPS) is 10.3. The minimum Gasteiger partial charge on any atom is -0.384 e. The fraction of sp³-hybridized carbons (Fsp3) is 0.154. The first-order valence-corrected chi connectivity index (χ1v) is 7.64. The topological polar surface area (TPSA) is 24.9 Å². The Kier molecular flexibility index (Phi) is 5.35. The number of thioether (sulfide) groups is 1. The van der Waals surface area contributed by atoms with Gasteiger partial charge in [0, 0.05) is 33.7 Å². The Morgan fingerprint density at radius 1 is 1.28 bits per heavy atom. The molecule has 0 radical (unpaired) electrons. The van der Waals surface area contributed by atoms with Crippen LogP contribution in [-0.4, -0.2) is 17.3 Å². The second kappa shape index (κ2) is 7.02. The smallest absolute Gasteiger partial charge is 0.110 e. The van der Waals surface area contributed by atoms with Crippen molar-refractivity contribution in [3.05, 3.63) is 52.1 Å². The molecule has 18 heavy (non-hydrogen) atoms. The van der Waals surface area contributed by atoms with Gasteiger partial charge in [0.1, 0.15) is 5.03 Å². The lowest BCUT2D eigenvalue weighted by Gasteiger charge is -2.06. The summed E-state index contributed by atoms with van der Waals surface area (Å²) in [6, 6.07) is 11.6. The lowest BCUT2D eigenvalue weighted by atomic mass is 10.3. The van der Waals surface area contributed by atoms with Crippen molar-refractivity contribution in [3.8, 4) is 0 Å². The van der Waals surface area contributed by atoms with E-state index < -0.39 is 0 Å². The van der Waals surface area contributed by atoms with Gasteiger partial charge in [-0.15, -0.1) is 11.8 Å². The maximum absolute atomic E-state index is 5.91. The molecule has 0 saturated carbocycles. The summed E-state index contributed by atoms with van der Waals surface area (Å²) < 4.78 is 1.04. The molecule has 2 nitrogen and oxygen atoms in total. The molecule has 1 aromatic heterocycles. The van der Waals surface area contributed by atoms with Gasteiger partial charge in [-0.1, -0.05) is 17.7 Å². The highest BCUT2D eigenvalue weighted by atomic mass is 79.9. The number of aromatic nitrogens is 1. The molecule has 0 saturated heterocycles. The van der Waals surface area contributed by atoms with Gasteiger partial charge < -0.3 is 5.32 Å². The molecule has 0 aliphatic heterocycles. The minimum atomic E-state index is 0.750. The van der Waals surface area contributed by atoms with Crippen LogP contribution in [0.15, 0.2) is 52.1 Å². The van der Waals surface area contributed by atoms with Crippen molar-refractivity contribution in [2.24, 2.45) is 0 Å². The van der Waals surface area contributed by atoms with Crippen molar-refractivity contribution >= 4 is 45.0 Å². The third-order valence-corrected chi connectivity index (χ3v) is 4.36. The summed E-state index contributed by atoms with van der Waals surface area (Å²) >= 11 is 11.1. The van der Waals surface area contributed by atoms with Gasteiger partial charge in [-0.3, -0.25) is 0 Å². The number of benzene rings is 1. The van der Waals surface area contributed by atoms with Gasteiger partial charge in [-0.2, -0.15) is 0 Å². The number of nitrogens with one attached hydrogen (secondary N) is 1. The van der Waals surface area contributed by atoms with Crippen LogP contribution in [0.5, 0.6) is 0 Å². The zero-order valence-corrected chi connectivity index (χ0v) is 12.7. The van der Waals surface area contributed by atoms with E-state index in [1.165, 1.54) is 0 Å². The third-order valence-electron chi connectivity index (χ3n) is 2.22. The second-order valence-corrected chi connectivity index (χ2v) is 5.95. The van der Waals surface area contributed by atoms with Crippen molar-refractivity contribution in [2.45, 2.75) is 5.03 Å². The van der Waals surface area contributed by atoms with Crippen LogP contribution >= 0.6 is 39.3 Å². The summed E-state index contributed by atoms with van der Waals surface area (Å²) in [5.41, 5.74) is 1.04. The van der Waals surface area contributed by atoms with Crippen LogP contribution in [0.4, 0.5) is 5.69 Å².